The van der Waals surface area contributed by atoms with Crippen LogP contribution in [-0.4, -0.2) is 28.5 Å². The fourth-order valence-electron chi connectivity index (χ4n) is 1.46. The van der Waals surface area contributed by atoms with E-state index in [0.717, 1.165) is 31.4 Å². The quantitative estimate of drug-likeness (QED) is 0.727. The van der Waals surface area contributed by atoms with E-state index in [-0.39, 0.29) is 5.91 Å². The Hall–Kier alpha value is -1.65. The van der Waals surface area contributed by atoms with Gasteiger partial charge in [0, 0.05) is 31.4 Å². The highest BCUT2D eigenvalue weighted by Crippen LogP contribution is 2.18. The summed E-state index contributed by atoms with van der Waals surface area (Å²) in [4.78, 5) is 19.6. The van der Waals surface area contributed by atoms with Crippen molar-refractivity contribution in [2.24, 2.45) is 0 Å². The Morgan fingerprint density at radius 2 is 2.12 bits per heavy atom. The molecule has 92 valence electrons. The summed E-state index contributed by atoms with van der Waals surface area (Å²) in [6, 6.07) is 0.455. The van der Waals surface area contributed by atoms with E-state index < -0.39 is 0 Å². The van der Waals surface area contributed by atoms with Gasteiger partial charge in [0.1, 0.15) is 0 Å². The van der Waals surface area contributed by atoms with Crippen LogP contribution < -0.4 is 10.6 Å². The molecule has 1 aliphatic carbocycles. The maximum absolute atomic E-state index is 11.4. The lowest BCUT2D eigenvalue weighted by atomic mass is 10.3. The molecule has 1 aromatic rings. The highest BCUT2D eigenvalue weighted by atomic mass is 16.1. The van der Waals surface area contributed by atoms with E-state index in [1.165, 1.54) is 0 Å². The number of nitrogens with one attached hydrogen (secondary N) is 2. The van der Waals surface area contributed by atoms with Crippen LogP contribution in [0.4, 0.5) is 5.95 Å². The zero-order valence-electron chi connectivity index (χ0n) is 10.1. The van der Waals surface area contributed by atoms with Gasteiger partial charge in [0.2, 0.25) is 11.9 Å². The molecule has 0 aromatic carbocycles. The molecule has 0 radical (unpaired) electrons. The number of hydrogen-bond acceptors (Lipinski definition) is 4. The van der Waals surface area contributed by atoms with Crippen LogP contribution >= 0.6 is 0 Å². The molecular weight excluding hydrogens is 216 g/mol. The fraction of sp³-hybridized carbons (Fsp3) is 0.583. The summed E-state index contributed by atoms with van der Waals surface area (Å²) in [5.74, 6) is 0.775. The molecule has 17 heavy (non-hydrogen) atoms. The van der Waals surface area contributed by atoms with Crippen molar-refractivity contribution in [2.75, 3.05) is 11.9 Å². The first kappa shape index (κ1) is 11.8. The summed E-state index contributed by atoms with van der Waals surface area (Å²) in [5, 5.41) is 6.06. The van der Waals surface area contributed by atoms with Crippen molar-refractivity contribution < 1.29 is 4.79 Å². The van der Waals surface area contributed by atoms with Gasteiger partial charge in [-0.05, 0) is 31.7 Å². The Morgan fingerprint density at radius 1 is 1.41 bits per heavy atom. The standard InChI is InChI=1S/C12H18N4O/c1-9-7-14-12(15-8-9)13-6-2-3-11(17)16-10-4-5-10/h7-8,10H,2-6H2,1H3,(H,16,17)(H,13,14,15). The number of amides is 1. The zero-order valence-corrected chi connectivity index (χ0v) is 10.1. The van der Waals surface area contributed by atoms with Gasteiger partial charge in [0.05, 0.1) is 0 Å². The van der Waals surface area contributed by atoms with E-state index in [9.17, 15) is 4.79 Å². The zero-order chi connectivity index (χ0) is 12.1. The van der Waals surface area contributed by atoms with Crippen LogP contribution in [0.5, 0.6) is 0 Å². The van der Waals surface area contributed by atoms with Crippen molar-refractivity contribution in [3.63, 3.8) is 0 Å². The van der Waals surface area contributed by atoms with Gasteiger partial charge >= 0.3 is 0 Å². The van der Waals surface area contributed by atoms with E-state index in [1.54, 1.807) is 12.4 Å². The van der Waals surface area contributed by atoms with Crippen LogP contribution in [0.15, 0.2) is 12.4 Å². The monoisotopic (exact) mass is 234 g/mol. The van der Waals surface area contributed by atoms with Crippen molar-refractivity contribution in [2.45, 2.75) is 38.6 Å². The van der Waals surface area contributed by atoms with Crippen LogP contribution in [0, 0.1) is 6.92 Å². The minimum atomic E-state index is 0.152. The summed E-state index contributed by atoms with van der Waals surface area (Å²) >= 11 is 0. The van der Waals surface area contributed by atoms with Gasteiger partial charge in [-0.3, -0.25) is 4.79 Å². The maximum atomic E-state index is 11.4. The first-order valence-electron chi connectivity index (χ1n) is 6.06. The lowest BCUT2D eigenvalue weighted by Gasteiger charge is -2.05. The molecule has 2 N–H and O–H groups in total. The molecule has 0 unspecified atom stereocenters. The van der Waals surface area contributed by atoms with E-state index in [2.05, 4.69) is 20.6 Å². The molecule has 0 bridgehead atoms. The highest BCUT2D eigenvalue weighted by Gasteiger charge is 2.22. The maximum Gasteiger partial charge on any atom is 0.222 e. The van der Waals surface area contributed by atoms with Crippen LogP contribution in [0.3, 0.4) is 0 Å². The molecule has 1 heterocycles. The van der Waals surface area contributed by atoms with Gasteiger partial charge in [-0.15, -0.1) is 0 Å². The van der Waals surface area contributed by atoms with Gasteiger partial charge in [0.15, 0.2) is 0 Å². The molecule has 1 aliphatic rings. The molecule has 0 aliphatic heterocycles. The Bertz CT molecular complexity index is 373. The summed E-state index contributed by atoms with van der Waals surface area (Å²) in [7, 11) is 0. The fourth-order valence-corrected chi connectivity index (χ4v) is 1.46. The Balaban J connectivity index is 1.59. The summed E-state index contributed by atoms with van der Waals surface area (Å²) < 4.78 is 0. The second-order valence-electron chi connectivity index (χ2n) is 4.46. The summed E-state index contributed by atoms with van der Waals surface area (Å²) in [6.07, 6.45) is 7.19. The number of carbonyl (C=O) groups excluding carboxylic acids is 1. The van der Waals surface area contributed by atoms with Gasteiger partial charge < -0.3 is 10.6 Å². The smallest absolute Gasteiger partial charge is 0.222 e. The number of carbonyl (C=O) groups is 1. The average molecular weight is 234 g/mol. The molecule has 1 fully saturated rings. The average Bonchev–Trinajstić information content (AvgIpc) is 3.11. The van der Waals surface area contributed by atoms with Crippen molar-refractivity contribution in [1.29, 1.82) is 0 Å². The topological polar surface area (TPSA) is 66.9 Å². The van der Waals surface area contributed by atoms with E-state index in [1.807, 2.05) is 6.92 Å². The lowest BCUT2D eigenvalue weighted by Crippen LogP contribution is -2.25. The minimum absolute atomic E-state index is 0.152. The van der Waals surface area contributed by atoms with Gasteiger partial charge in [-0.1, -0.05) is 0 Å². The SMILES string of the molecule is Cc1cnc(NCCCC(=O)NC2CC2)nc1. The molecule has 5 heteroatoms. The second kappa shape index (κ2) is 5.61. The van der Waals surface area contributed by atoms with Gasteiger partial charge in [-0.2, -0.15) is 0 Å². The summed E-state index contributed by atoms with van der Waals surface area (Å²) in [6.45, 7) is 2.67. The molecule has 0 spiro atoms. The van der Waals surface area contributed by atoms with Crippen LogP contribution in [-0.2, 0) is 4.79 Å². The third-order valence-electron chi connectivity index (χ3n) is 2.59. The van der Waals surface area contributed by atoms with Crippen molar-refractivity contribution >= 4 is 11.9 Å². The molecule has 5 nitrogen and oxygen atoms in total. The van der Waals surface area contributed by atoms with E-state index in [0.29, 0.717) is 18.4 Å². The van der Waals surface area contributed by atoms with Gasteiger partial charge in [-0.25, -0.2) is 9.97 Å². The largest absolute Gasteiger partial charge is 0.354 e. The number of aromatic nitrogens is 2. The molecular formula is C12H18N4O. The van der Waals surface area contributed by atoms with Crippen molar-refractivity contribution in [3.8, 4) is 0 Å². The molecule has 0 atom stereocenters. The second-order valence-corrected chi connectivity index (χ2v) is 4.46. The number of rotatable bonds is 6. The molecule has 2 rings (SSSR count). The summed E-state index contributed by atoms with van der Waals surface area (Å²) in [5.41, 5.74) is 1.04. The normalized spacial score (nSPS) is 14.4. The predicted octanol–water partition coefficient (Wildman–Crippen LogP) is 1.26. The molecule has 0 saturated heterocycles. The Morgan fingerprint density at radius 3 is 2.76 bits per heavy atom. The van der Waals surface area contributed by atoms with Crippen LogP contribution in [0.1, 0.15) is 31.2 Å². The number of aryl methyl sites for hydroxylation is 1. The van der Waals surface area contributed by atoms with Crippen LogP contribution in [0.2, 0.25) is 0 Å². The third kappa shape index (κ3) is 4.38. The molecule has 1 amide bonds. The highest BCUT2D eigenvalue weighted by molar-refractivity contribution is 5.76. The first-order chi connectivity index (χ1) is 8.24. The number of hydrogen-bond donors (Lipinski definition) is 2. The van der Waals surface area contributed by atoms with Crippen molar-refractivity contribution in [3.05, 3.63) is 18.0 Å². The van der Waals surface area contributed by atoms with E-state index >= 15 is 0 Å². The number of anilines is 1. The van der Waals surface area contributed by atoms with Crippen LogP contribution in [0.25, 0.3) is 0 Å². The first-order valence-corrected chi connectivity index (χ1v) is 6.06. The lowest BCUT2D eigenvalue weighted by molar-refractivity contribution is -0.121. The Labute approximate surface area is 101 Å². The molecule has 1 aromatic heterocycles. The molecule has 1 saturated carbocycles. The third-order valence-corrected chi connectivity index (χ3v) is 2.59. The minimum Gasteiger partial charge on any atom is -0.354 e. The van der Waals surface area contributed by atoms with Crippen molar-refractivity contribution in [1.82, 2.24) is 15.3 Å². The van der Waals surface area contributed by atoms with E-state index in [4.69, 9.17) is 0 Å². The predicted molar refractivity (Wildman–Crippen MR) is 65.7 cm³/mol. The van der Waals surface area contributed by atoms with Gasteiger partial charge in [0.25, 0.3) is 0 Å². The Kier molecular flexibility index (Phi) is 3.90. The number of nitrogens with zero attached hydrogens (tertiary/aromatic N) is 2.